The molecular formula is C20H30ClNO4. The van der Waals surface area contributed by atoms with Crippen molar-refractivity contribution in [2.24, 2.45) is 0 Å². The summed E-state index contributed by atoms with van der Waals surface area (Å²) >= 11 is 5.89. The number of hydrogen-bond acceptors (Lipinski definition) is 4. The lowest BCUT2D eigenvalue weighted by Crippen LogP contribution is -2.38. The zero-order valence-corrected chi connectivity index (χ0v) is 16.6. The van der Waals surface area contributed by atoms with Gasteiger partial charge in [-0.1, -0.05) is 64.0 Å². The molecule has 0 aliphatic rings. The van der Waals surface area contributed by atoms with Gasteiger partial charge in [-0.05, 0) is 37.1 Å². The summed E-state index contributed by atoms with van der Waals surface area (Å²) in [6, 6.07) is 6.43. The zero-order valence-electron chi connectivity index (χ0n) is 15.8. The Kier molecular flexibility index (Phi) is 11.5. The molecule has 0 saturated heterocycles. The summed E-state index contributed by atoms with van der Waals surface area (Å²) in [4.78, 5) is 25.7. The van der Waals surface area contributed by atoms with Crippen molar-refractivity contribution < 1.29 is 19.1 Å². The standard InChI is InChI=1S/C20H30ClNO4/c1-3-5-7-9-15-25-19(23)22(18-13-11-17(21)12-14-18)20(24)26-16-10-8-6-4-2/h11-14H,3-10,15-16H2,1-2H3. The van der Waals surface area contributed by atoms with Gasteiger partial charge < -0.3 is 9.47 Å². The molecule has 0 aliphatic heterocycles. The van der Waals surface area contributed by atoms with Gasteiger partial charge in [-0.2, -0.15) is 4.90 Å². The number of hydrogen-bond donors (Lipinski definition) is 0. The number of rotatable bonds is 11. The second-order valence-corrected chi connectivity index (χ2v) is 6.60. The van der Waals surface area contributed by atoms with Gasteiger partial charge in [-0.3, -0.25) is 0 Å². The molecule has 0 bridgehead atoms. The Morgan fingerprint density at radius 2 is 1.27 bits per heavy atom. The second-order valence-electron chi connectivity index (χ2n) is 6.16. The summed E-state index contributed by atoms with van der Waals surface area (Å²) < 4.78 is 10.5. The first-order valence-electron chi connectivity index (χ1n) is 9.49. The van der Waals surface area contributed by atoms with E-state index in [1.807, 2.05) is 0 Å². The summed E-state index contributed by atoms with van der Waals surface area (Å²) in [5.74, 6) is 0. The highest BCUT2D eigenvalue weighted by Gasteiger charge is 2.26. The van der Waals surface area contributed by atoms with E-state index in [2.05, 4.69) is 13.8 Å². The maximum absolute atomic E-state index is 12.4. The average Bonchev–Trinajstić information content (AvgIpc) is 2.63. The monoisotopic (exact) mass is 383 g/mol. The second kappa shape index (κ2) is 13.5. The normalized spacial score (nSPS) is 10.4. The van der Waals surface area contributed by atoms with Crippen molar-refractivity contribution in [3.05, 3.63) is 29.3 Å². The molecule has 0 saturated carbocycles. The molecular weight excluding hydrogens is 354 g/mol. The Hall–Kier alpha value is -1.75. The van der Waals surface area contributed by atoms with E-state index in [-0.39, 0.29) is 13.2 Å². The topological polar surface area (TPSA) is 55.8 Å². The van der Waals surface area contributed by atoms with Crippen molar-refractivity contribution >= 4 is 29.5 Å². The summed E-state index contributed by atoms with van der Waals surface area (Å²) in [5, 5.41) is 0.523. The Morgan fingerprint density at radius 3 is 1.69 bits per heavy atom. The van der Waals surface area contributed by atoms with Gasteiger partial charge in [0, 0.05) is 5.02 Å². The highest BCUT2D eigenvalue weighted by Crippen LogP contribution is 2.20. The third-order valence-electron chi connectivity index (χ3n) is 3.90. The maximum atomic E-state index is 12.4. The molecule has 0 atom stereocenters. The van der Waals surface area contributed by atoms with Crippen LogP contribution in [0.5, 0.6) is 0 Å². The third-order valence-corrected chi connectivity index (χ3v) is 4.15. The van der Waals surface area contributed by atoms with E-state index in [1.165, 1.54) is 0 Å². The molecule has 0 unspecified atom stereocenters. The minimum absolute atomic E-state index is 0.284. The summed E-state index contributed by atoms with van der Waals surface area (Å²) in [6.45, 7) is 4.80. The summed E-state index contributed by atoms with van der Waals surface area (Å²) in [5.41, 5.74) is 0.381. The lowest BCUT2D eigenvalue weighted by molar-refractivity contribution is 0.132. The van der Waals surface area contributed by atoms with Gasteiger partial charge in [0.1, 0.15) is 0 Å². The van der Waals surface area contributed by atoms with Gasteiger partial charge in [0.2, 0.25) is 0 Å². The van der Waals surface area contributed by atoms with Crippen molar-refractivity contribution in [2.45, 2.75) is 65.2 Å². The third kappa shape index (κ3) is 8.56. The molecule has 146 valence electrons. The van der Waals surface area contributed by atoms with Crippen LogP contribution in [0.15, 0.2) is 24.3 Å². The Morgan fingerprint density at radius 1 is 0.808 bits per heavy atom. The first-order valence-corrected chi connectivity index (χ1v) is 9.87. The Balaban J connectivity index is 2.64. The fraction of sp³-hybridized carbons (Fsp3) is 0.600. The number of nitrogens with zero attached hydrogens (tertiary/aromatic N) is 1. The predicted molar refractivity (Wildman–Crippen MR) is 105 cm³/mol. The van der Waals surface area contributed by atoms with E-state index in [0.29, 0.717) is 10.7 Å². The molecule has 0 aliphatic carbocycles. The van der Waals surface area contributed by atoms with E-state index >= 15 is 0 Å². The number of carbonyl (C=O) groups excluding carboxylic acids is 2. The van der Waals surface area contributed by atoms with E-state index in [9.17, 15) is 9.59 Å². The van der Waals surface area contributed by atoms with E-state index in [0.717, 1.165) is 56.3 Å². The molecule has 0 N–H and O–H groups in total. The lowest BCUT2D eigenvalue weighted by Gasteiger charge is -2.20. The number of ether oxygens (including phenoxy) is 2. The maximum Gasteiger partial charge on any atom is 0.424 e. The Bertz CT molecular complexity index is 507. The predicted octanol–water partition coefficient (Wildman–Crippen LogP) is 6.58. The molecule has 26 heavy (non-hydrogen) atoms. The van der Waals surface area contributed by atoms with Crippen molar-refractivity contribution in [1.29, 1.82) is 0 Å². The van der Waals surface area contributed by atoms with Crippen LogP contribution in [0.3, 0.4) is 0 Å². The van der Waals surface area contributed by atoms with Gasteiger partial charge in [0.25, 0.3) is 0 Å². The molecule has 1 rings (SSSR count). The van der Waals surface area contributed by atoms with E-state index in [4.69, 9.17) is 21.1 Å². The molecule has 5 nitrogen and oxygen atoms in total. The molecule has 1 aromatic rings. The van der Waals surface area contributed by atoms with Gasteiger partial charge in [-0.15, -0.1) is 0 Å². The van der Waals surface area contributed by atoms with Crippen LogP contribution in [0, 0.1) is 0 Å². The highest BCUT2D eigenvalue weighted by molar-refractivity contribution is 6.30. The first-order chi connectivity index (χ1) is 12.6. The first kappa shape index (κ1) is 22.3. The molecule has 0 heterocycles. The number of benzene rings is 1. The van der Waals surface area contributed by atoms with E-state index < -0.39 is 12.2 Å². The van der Waals surface area contributed by atoms with Gasteiger partial charge in [0.15, 0.2) is 0 Å². The van der Waals surface area contributed by atoms with Crippen LogP contribution in [0.4, 0.5) is 15.3 Å². The zero-order chi connectivity index (χ0) is 19.2. The minimum Gasteiger partial charge on any atom is -0.449 e. The quantitative estimate of drug-likeness (QED) is 0.405. The molecule has 0 radical (unpaired) electrons. The van der Waals surface area contributed by atoms with Gasteiger partial charge >= 0.3 is 12.2 Å². The Labute approximate surface area is 161 Å². The highest BCUT2D eigenvalue weighted by atomic mass is 35.5. The number of imide groups is 1. The molecule has 1 aromatic carbocycles. The summed E-state index contributed by atoms with van der Waals surface area (Å²) in [6.07, 6.45) is 6.50. The van der Waals surface area contributed by atoms with Crippen LogP contribution >= 0.6 is 11.6 Å². The largest absolute Gasteiger partial charge is 0.449 e. The van der Waals surface area contributed by atoms with Crippen LogP contribution < -0.4 is 4.90 Å². The number of carbonyl (C=O) groups is 2. The smallest absolute Gasteiger partial charge is 0.424 e. The van der Waals surface area contributed by atoms with E-state index in [1.54, 1.807) is 24.3 Å². The number of unbranched alkanes of at least 4 members (excludes halogenated alkanes) is 6. The fourth-order valence-corrected chi connectivity index (χ4v) is 2.51. The van der Waals surface area contributed by atoms with Crippen LogP contribution in [0.1, 0.15) is 65.2 Å². The average molecular weight is 384 g/mol. The van der Waals surface area contributed by atoms with Gasteiger partial charge in [0.05, 0.1) is 18.9 Å². The molecule has 0 spiro atoms. The minimum atomic E-state index is -0.720. The van der Waals surface area contributed by atoms with Crippen molar-refractivity contribution in [3.63, 3.8) is 0 Å². The van der Waals surface area contributed by atoms with Crippen molar-refractivity contribution in [1.82, 2.24) is 0 Å². The fourth-order valence-electron chi connectivity index (χ4n) is 2.38. The molecule has 2 amide bonds. The molecule has 0 fully saturated rings. The van der Waals surface area contributed by atoms with Crippen LogP contribution in [0.25, 0.3) is 0 Å². The number of halogens is 1. The number of amides is 2. The van der Waals surface area contributed by atoms with Crippen molar-refractivity contribution in [3.8, 4) is 0 Å². The summed E-state index contributed by atoms with van der Waals surface area (Å²) in [7, 11) is 0. The van der Waals surface area contributed by atoms with Crippen molar-refractivity contribution in [2.75, 3.05) is 18.1 Å². The van der Waals surface area contributed by atoms with Gasteiger partial charge in [-0.25, -0.2) is 9.59 Å². The van der Waals surface area contributed by atoms with Crippen LogP contribution in [0.2, 0.25) is 5.02 Å². The molecule has 6 heteroatoms. The van der Waals surface area contributed by atoms with Crippen LogP contribution in [-0.2, 0) is 9.47 Å². The SMILES string of the molecule is CCCCCCOC(=O)N(C(=O)OCCCCCC)c1ccc(Cl)cc1. The molecule has 0 aromatic heterocycles. The lowest BCUT2D eigenvalue weighted by atomic mass is 10.2. The number of anilines is 1. The van der Waals surface area contributed by atoms with Crippen LogP contribution in [-0.4, -0.2) is 25.4 Å².